The van der Waals surface area contributed by atoms with Crippen LogP contribution in [0, 0.1) is 0 Å². The average Bonchev–Trinajstić information content (AvgIpc) is 2.53. The third kappa shape index (κ3) is 3.32. The summed E-state index contributed by atoms with van der Waals surface area (Å²) in [4.78, 5) is 18.0. The van der Waals surface area contributed by atoms with E-state index >= 15 is 0 Å². The molecule has 1 aromatic carbocycles. The third-order valence-electron chi connectivity index (χ3n) is 3.26. The van der Waals surface area contributed by atoms with Crippen molar-refractivity contribution < 1.29 is 4.79 Å². The first kappa shape index (κ1) is 15.3. The van der Waals surface area contributed by atoms with Crippen LogP contribution in [-0.4, -0.2) is 17.9 Å². The number of nitrogen functional groups attached to an aromatic ring is 1. The summed E-state index contributed by atoms with van der Waals surface area (Å²) < 4.78 is 0. The number of rotatable bonds is 4. The van der Waals surface area contributed by atoms with Crippen molar-refractivity contribution in [2.45, 2.75) is 13.3 Å². The van der Waals surface area contributed by atoms with Crippen LogP contribution in [0.4, 0.5) is 11.5 Å². The van der Waals surface area contributed by atoms with E-state index in [0.29, 0.717) is 16.4 Å². The van der Waals surface area contributed by atoms with Crippen molar-refractivity contribution in [3.63, 3.8) is 0 Å². The largest absolute Gasteiger partial charge is 0.311 e. The molecule has 0 aliphatic heterocycles. The van der Waals surface area contributed by atoms with Crippen LogP contribution in [0.2, 0.25) is 5.02 Å². The number of carbonyl (C=O) groups is 1. The second kappa shape index (κ2) is 6.56. The zero-order valence-electron chi connectivity index (χ0n) is 11.9. The van der Waals surface area contributed by atoms with E-state index in [1.54, 1.807) is 18.0 Å². The molecule has 2 rings (SSSR count). The van der Waals surface area contributed by atoms with E-state index in [4.69, 9.17) is 17.4 Å². The highest BCUT2D eigenvalue weighted by atomic mass is 35.5. The van der Waals surface area contributed by atoms with Crippen LogP contribution in [0.3, 0.4) is 0 Å². The molecule has 0 radical (unpaired) electrons. The van der Waals surface area contributed by atoms with Crippen LogP contribution >= 0.6 is 11.6 Å². The number of nitrogens with two attached hydrogens (primary N) is 1. The highest BCUT2D eigenvalue weighted by Gasteiger charge is 2.15. The molecule has 1 aromatic heterocycles. The Bertz CT molecular complexity index is 643. The predicted molar refractivity (Wildman–Crippen MR) is 85.6 cm³/mol. The van der Waals surface area contributed by atoms with Gasteiger partial charge >= 0.3 is 0 Å². The summed E-state index contributed by atoms with van der Waals surface area (Å²) in [5.41, 5.74) is 4.81. The first-order valence-electron chi connectivity index (χ1n) is 6.56. The molecule has 2 aromatic rings. The van der Waals surface area contributed by atoms with Gasteiger partial charge in [-0.05, 0) is 30.2 Å². The third-order valence-corrected chi connectivity index (χ3v) is 3.55. The maximum Gasteiger partial charge on any atom is 0.259 e. The number of halogens is 1. The number of amides is 1. The Morgan fingerprint density at radius 2 is 2.05 bits per heavy atom. The van der Waals surface area contributed by atoms with Crippen molar-refractivity contribution >= 4 is 29.0 Å². The van der Waals surface area contributed by atoms with E-state index in [1.807, 2.05) is 24.3 Å². The van der Waals surface area contributed by atoms with Crippen molar-refractivity contribution in [2.75, 3.05) is 17.4 Å². The van der Waals surface area contributed by atoms with Crippen LogP contribution in [-0.2, 0) is 6.42 Å². The number of hydrogen-bond donors (Lipinski definition) is 2. The summed E-state index contributed by atoms with van der Waals surface area (Å²) in [6.07, 6.45) is 2.41. The van der Waals surface area contributed by atoms with Gasteiger partial charge in [0.2, 0.25) is 0 Å². The van der Waals surface area contributed by atoms with E-state index in [9.17, 15) is 4.79 Å². The fourth-order valence-corrected chi connectivity index (χ4v) is 2.15. The summed E-state index contributed by atoms with van der Waals surface area (Å²) in [6.45, 7) is 2.09. The molecular formula is C15H17ClN4O. The summed E-state index contributed by atoms with van der Waals surface area (Å²) in [5.74, 6) is 5.42. The molecule has 0 atom stereocenters. The van der Waals surface area contributed by atoms with Gasteiger partial charge in [0.25, 0.3) is 5.91 Å². The molecule has 0 spiro atoms. The Kier molecular flexibility index (Phi) is 4.77. The number of aryl methyl sites for hydroxylation is 1. The van der Waals surface area contributed by atoms with Gasteiger partial charge in [0.15, 0.2) is 5.82 Å². The molecule has 1 amide bonds. The average molecular weight is 305 g/mol. The van der Waals surface area contributed by atoms with Gasteiger partial charge < -0.3 is 10.3 Å². The fraction of sp³-hybridized carbons (Fsp3) is 0.200. The lowest BCUT2D eigenvalue weighted by molar-refractivity contribution is 0.0992. The van der Waals surface area contributed by atoms with Crippen molar-refractivity contribution in [2.24, 2.45) is 5.84 Å². The smallest absolute Gasteiger partial charge is 0.259 e. The zero-order valence-corrected chi connectivity index (χ0v) is 12.7. The SMILES string of the molecule is CCc1ccc(N(C)C(=O)c2cnc(NN)c(Cl)c2)cc1. The number of anilines is 2. The van der Waals surface area contributed by atoms with Crippen LogP contribution in [0.1, 0.15) is 22.8 Å². The van der Waals surface area contributed by atoms with Gasteiger partial charge in [-0.2, -0.15) is 0 Å². The molecule has 21 heavy (non-hydrogen) atoms. The molecule has 3 N–H and O–H groups in total. The minimum Gasteiger partial charge on any atom is -0.311 e. The van der Waals surface area contributed by atoms with Gasteiger partial charge in [0.05, 0.1) is 10.6 Å². The number of nitrogens with one attached hydrogen (secondary N) is 1. The van der Waals surface area contributed by atoms with Gasteiger partial charge in [-0.1, -0.05) is 30.7 Å². The Morgan fingerprint density at radius 1 is 1.38 bits per heavy atom. The monoisotopic (exact) mass is 304 g/mol. The summed E-state index contributed by atoms with van der Waals surface area (Å²) in [7, 11) is 1.71. The van der Waals surface area contributed by atoms with Crippen LogP contribution in [0.15, 0.2) is 36.5 Å². The van der Waals surface area contributed by atoms with E-state index in [-0.39, 0.29) is 5.91 Å². The van der Waals surface area contributed by atoms with Gasteiger partial charge in [-0.25, -0.2) is 10.8 Å². The number of nitrogens with zero attached hydrogens (tertiary/aromatic N) is 2. The second-order valence-corrected chi connectivity index (χ2v) is 4.99. The Hall–Kier alpha value is -2.11. The molecule has 1 heterocycles. The molecule has 0 bridgehead atoms. The van der Waals surface area contributed by atoms with Crippen molar-refractivity contribution in [3.05, 3.63) is 52.7 Å². The van der Waals surface area contributed by atoms with E-state index < -0.39 is 0 Å². The quantitative estimate of drug-likeness (QED) is 0.673. The lowest BCUT2D eigenvalue weighted by Crippen LogP contribution is -2.26. The lowest BCUT2D eigenvalue weighted by atomic mass is 10.1. The van der Waals surface area contributed by atoms with E-state index in [1.165, 1.54) is 11.8 Å². The van der Waals surface area contributed by atoms with Crippen molar-refractivity contribution in [1.82, 2.24) is 4.98 Å². The molecule has 6 heteroatoms. The number of carbonyl (C=O) groups excluding carboxylic acids is 1. The molecule has 0 aliphatic carbocycles. The van der Waals surface area contributed by atoms with Crippen LogP contribution in [0.5, 0.6) is 0 Å². The predicted octanol–water partition coefficient (Wildman–Crippen LogP) is 2.86. The molecule has 0 aliphatic rings. The maximum absolute atomic E-state index is 12.4. The molecule has 0 fully saturated rings. The van der Waals surface area contributed by atoms with E-state index in [0.717, 1.165) is 12.1 Å². The topological polar surface area (TPSA) is 71.2 Å². The normalized spacial score (nSPS) is 10.3. The molecular weight excluding hydrogens is 288 g/mol. The highest BCUT2D eigenvalue weighted by molar-refractivity contribution is 6.33. The number of benzene rings is 1. The molecule has 5 nitrogen and oxygen atoms in total. The number of hydrogen-bond acceptors (Lipinski definition) is 4. The van der Waals surface area contributed by atoms with Crippen LogP contribution < -0.4 is 16.2 Å². The minimum absolute atomic E-state index is 0.183. The minimum atomic E-state index is -0.183. The highest BCUT2D eigenvalue weighted by Crippen LogP contribution is 2.22. The first-order chi connectivity index (χ1) is 10.1. The molecule has 0 unspecified atom stereocenters. The van der Waals surface area contributed by atoms with Crippen molar-refractivity contribution in [3.8, 4) is 0 Å². The summed E-state index contributed by atoms with van der Waals surface area (Å²) >= 11 is 5.99. The number of pyridine rings is 1. The van der Waals surface area contributed by atoms with E-state index in [2.05, 4.69) is 17.3 Å². The van der Waals surface area contributed by atoms with Gasteiger partial charge in [-0.15, -0.1) is 0 Å². The van der Waals surface area contributed by atoms with Gasteiger partial charge in [-0.3, -0.25) is 4.79 Å². The molecule has 0 saturated carbocycles. The van der Waals surface area contributed by atoms with Gasteiger partial charge in [0.1, 0.15) is 0 Å². The summed E-state index contributed by atoms with van der Waals surface area (Å²) in [5, 5.41) is 0.304. The Labute approximate surface area is 128 Å². The standard InChI is InChI=1S/C15H17ClN4O/c1-3-10-4-6-12(7-5-10)20(2)15(21)11-8-13(16)14(19-17)18-9-11/h4-9H,3,17H2,1-2H3,(H,18,19). The summed E-state index contributed by atoms with van der Waals surface area (Å²) in [6, 6.07) is 9.39. The van der Waals surface area contributed by atoms with Gasteiger partial charge in [0, 0.05) is 18.9 Å². The van der Waals surface area contributed by atoms with Crippen LogP contribution in [0.25, 0.3) is 0 Å². The first-order valence-corrected chi connectivity index (χ1v) is 6.93. The second-order valence-electron chi connectivity index (χ2n) is 4.58. The Morgan fingerprint density at radius 3 is 2.57 bits per heavy atom. The molecule has 110 valence electrons. The van der Waals surface area contributed by atoms with Crippen molar-refractivity contribution in [1.29, 1.82) is 0 Å². The maximum atomic E-state index is 12.4. The number of aromatic nitrogens is 1. The molecule has 0 saturated heterocycles. The zero-order chi connectivity index (χ0) is 15.4. The lowest BCUT2D eigenvalue weighted by Gasteiger charge is -2.18. The number of hydrazine groups is 1. The fourth-order valence-electron chi connectivity index (χ4n) is 1.93. The Balaban J connectivity index is 2.23.